The lowest BCUT2D eigenvalue weighted by molar-refractivity contribution is 0.374. The predicted octanol–water partition coefficient (Wildman–Crippen LogP) is 3.42. The zero-order valence-electron chi connectivity index (χ0n) is 15.3. The fraction of sp³-hybridized carbons (Fsp3) is 0.222. The van der Waals surface area contributed by atoms with Crippen molar-refractivity contribution in [3.8, 4) is 23.0 Å². The summed E-state index contributed by atoms with van der Waals surface area (Å²) in [6.45, 7) is 0. The summed E-state index contributed by atoms with van der Waals surface area (Å²) in [6.07, 6.45) is 1.39. The van der Waals surface area contributed by atoms with Crippen LogP contribution >= 0.6 is 12.6 Å². The highest BCUT2D eigenvalue weighted by molar-refractivity contribution is 7.95. The van der Waals surface area contributed by atoms with Gasteiger partial charge in [0.1, 0.15) is 17.2 Å². The van der Waals surface area contributed by atoms with Crippen molar-refractivity contribution < 1.29 is 27.4 Å². The van der Waals surface area contributed by atoms with E-state index < -0.39 is 10.0 Å². The molecule has 0 bridgehead atoms. The fourth-order valence-electron chi connectivity index (χ4n) is 2.36. The average Bonchev–Trinajstić information content (AvgIpc) is 2.65. The molecule has 0 radical (unpaired) electrons. The van der Waals surface area contributed by atoms with E-state index in [0.29, 0.717) is 33.5 Å². The predicted molar refractivity (Wildman–Crippen MR) is 108 cm³/mol. The molecule has 0 spiro atoms. The van der Waals surface area contributed by atoms with Gasteiger partial charge in [0, 0.05) is 17.0 Å². The topological polar surface area (TPSA) is 83.1 Å². The second-order valence-corrected chi connectivity index (χ2v) is 7.30. The molecule has 27 heavy (non-hydrogen) atoms. The SMILES string of the molecule is COc1cc(OC)c(C=CS(=O)(=O)Nc2cccc(S)c2OC)c(OC)c1. The summed E-state index contributed by atoms with van der Waals surface area (Å²) >= 11 is 4.25. The molecule has 1 N–H and O–H groups in total. The van der Waals surface area contributed by atoms with Gasteiger partial charge in [-0.3, -0.25) is 4.72 Å². The van der Waals surface area contributed by atoms with Gasteiger partial charge < -0.3 is 18.9 Å². The first-order valence-corrected chi connectivity index (χ1v) is 9.71. The van der Waals surface area contributed by atoms with E-state index >= 15 is 0 Å². The summed E-state index contributed by atoms with van der Waals surface area (Å²) in [4.78, 5) is 0.514. The first-order valence-electron chi connectivity index (χ1n) is 7.72. The van der Waals surface area contributed by atoms with Gasteiger partial charge in [0.2, 0.25) is 0 Å². The van der Waals surface area contributed by atoms with Gasteiger partial charge >= 0.3 is 0 Å². The van der Waals surface area contributed by atoms with Crippen LogP contribution in [0.1, 0.15) is 5.56 Å². The maximum Gasteiger partial charge on any atom is 0.255 e. The second kappa shape index (κ2) is 8.92. The minimum Gasteiger partial charge on any atom is -0.496 e. The lowest BCUT2D eigenvalue weighted by atomic mass is 10.1. The highest BCUT2D eigenvalue weighted by atomic mass is 32.2. The van der Waals surface area contributed by atoms with E-state index in [1.54, 1.807) is 30.3 Å². The number of benzene rings is 2. The molecular weight excluding hydrogens is 390 g/mol. The number of sulfonamides is 1. The van der Waals surface area contributed by atoms with E-state index in [0.717, 1.165) is 5.41 Å². The van der Waals surface area contributed by atoms with E-state index in [-0.39, 0.29) is 5.69 Å². The minimum atomic E-state index is -3.83. The Balaban J connectivity index is 2.38. The lowest BCUT2D eigenvalue weighted by Gasteiger charge is -2.13. The molecule has 0 atom stereocenters. The first-order chi connectivity index (χ1) is 12.8. The molecule has 0 amide bonds. The van der Waals surface area contributed by atoms with Crippen LogP contribution in [0.3, 0.4) is 0 Å². The van der Waals surface area contributed by atoms with Gasteiger partial charge in [-0.05, 0) is 18.2 Å². The Morgan fingerprint density at radius 2 is 1.59 bits per heavy atom. The van der Waals surface area contributed by atoms with E-state index in [9.17, 15) is 8.42 Å². The molecule has 0 aromatic heterocycles. The molecule has 2 rings (SSSR count). The van der Waals surface area contributed by atoms with Crippen LogP contribution < -0.4 is 23.7 Å². The third kappa shape index (κ3) is 5.01. The Kier molecular flexibility index (Phi) is 6.86. The van der Waals surface area contributed by atoms with E-state index in [4.69, 9.17) is 18.9 Å². The molecule has 0 aliphatic heterocycles. The third-order valence-electron chi connectivity index (χ3n) is 3.62. The molecule has 0 saturated heterocycles. The molecule has 0 heterocycles. The number of hydrogen-bond acceptors (Lipinski definition) is 7. The van der Waals surface area contributed by atoms with Crippen LogP contribution in [0.5, 0.6) is 23.0 Å². The molecule has 146 valence electrons. The fourth-order valence-corrected chi connectivity index (χ4v) is 3.51. The van der Waals surface area contributed by atoms with Crippen LogP contribution in [0, 0.1) is 0 Å². The lowest BCUT2D eigenvalue weighted by Crippen LogP contribution is -2.10. The summed E-state index contributed by atoms with van der Waals surface area (Å²) in [6, 6.07) is 8.22. The Morgan fingerprint density at radius 3 is 2.11 bits per heavy atom. The zero-order valence-corrected chi connectivity index (χ0v) is 17.1. The Hall–Kier alpha value is -2.52. The van der Waals surface area contributed by atoms with Crippen molar-refractivity contribution in [2.24, 2.45) is 0 Å². The van der Waals surface area contributed by atoms with E-state index in [1.807, 2.05) is 0 Å². The molecule has 0 saturated carbocycles. The Labute approximate surface area is 164 Å². The van der Waals surface area contributed by atoms with Crippen molar-refractivity contribution in [3.05, 3.63) is 41.3 Å². The number of hydrogen-bond donors (Lipinski definition) is 2. The van der Waals surface area contributed by atoms with Gasteiger partial charge in [-0.1, -0.05) is 6.07 Å². The normalized spacial score (nSPS) is 11.3. The molecule has 2 aromatic rings. The second-order valence-electron chi connectivity index (χ2n) is 5.25. The van der Waals surface area contributed by atoms with Gasteiger partial charge in [-0.2, -0.15) is 0 Å². The molecule has 0 fully saturated rings. The Morgan fingerprint density at radius 1 is 0.963 bits per heavy atom. The molecule has 2 aromatic carbocycles. The molecular formula is C18H21NO6S2. The van der Waals surface area contributed by atoms with Crippen LogP contribution in [0.25, 0.3) is 6.08 Å². The number of nitrogens with one attached hydrogen (secondary N) is 1. The van der Waals surface area contributed by atoms with Crippen LogP contribution in [0.4, 0.5) is 5.69 Å². The van der Waals surface area contributed by atoms with Crippen molar-refractivity contribution >= 4 is 34.4 Å². The van der Waals surface area contributed by atoms with Crippen LogP contribution in [-0.4, -0.2) is 36.9 Å². The highest BCUT2D eigenvalue weighted by Gasteiger charge is 2.15. The maximum atomic E-state index is 12.5. The molecule has 0 aliphatic rings. The molecule has 0 unspecified atom stereocenters. The average molecular weight is 412 g/mol. The zero-order chi connectivity index (χ0) is 20.0. The van der Waals surface area contributed by atoms with E-state index in [2.05, 4.69) is 17.4 Å². The van der Waals surface area contributed by atoms with Gasteiger partial charge in [0.25, 0.3) is 10.0 Å². The van der Waals surface area contributed by atoms with Gasteiger partial charge in [-0.25, -0.2) is 8.42 Å². The number of thiol groups is 1. The van der Waals surface area contributed by atoms with Gasteiger partial charge in [0.05, 0.1) is 45.1 Å². The van der Waals surface area contributed by atoms with E-state index in [1.165, 1.54) is 34.5 Å². The summed E-state index contributed by atoms with van der Waals surface area (Å²) in [5, 5.41) is 1.02. The van der Waals surface area contributed by atoms with Crippen molar-refractivity contribution in [3.63, 3.8) is 0 Å². The van der Waals surface area contributed by atoms with Crippen molar-refractivity contribution in [2.45, 2.75) is 4.90 Å². The van der Waals surface area contributed by atoms with Crippen LogP contribution in [0.15, 0.2) is 40.6 Å². The van der Waals surface area contributed by atoms with Crippen molar-refractivity contribution in [1.82, 2.24) is 0 Å². The van der Waals surface area contributed by atoms with Crippen LogP contribution in [-0.2, 0) is 10.0 Å². The first kappa shape index (κ1) is 20.8. The van der Waals surface area contributed by atoms with Crippen LogP contribution in [0.2, 0.25) is 0 Å². The highest BCUT2D eigenvalue weighted by Crippen LogP contribution is 2.36. The Bertz CT molecular complexity index is 916. The quantitative estimate of drug-likeness (QED) is 0.648. The summed E-state index contributed by atoms with van der Waals surface area (Å²) in [5.74, 6) is 1.68. The molecule has 7 nitrogen and oxygen atoms in total. The minimum absolute atomic E-state index is 0.281. The molecule has 0 aliphatic carbocycles. The van der Waals surface area contributed by atoms with Crippen molar-refractivity contribution in [2.75, 3.05) is 33.2 Å². The van der Waals surface area contributed by atoms with Gasteiger partial charge in [-0.15, -0.1) is 12.6 Å². The molecule has 9 heteroatoms. The largest absolute Gasteiger partial charge is 0.496 e. The summed E-state index contributed by atoms with van der Waals surface area (Å²) in [5.41, 5.74) is 0.740. The summed E-state index contributed by atoms with van der Waals surface area (Å²) < 4.78 is 48.4. The summed E-state index contributed by atoms with van der Waals surface area (Å²) in [7, 11) is 2.07. The van der Waals surface area contributed by atoms with Gasteiger partial charge in [0.15, 0.2) is 5.75 Å². The standard InChI is InChI=1S/C18H21NO6S2/c1-22-12-10-15(23-2)13(16(11-12)24-3)8-9-27(20,21)19-14-6-5-7-17(26)18(14)25-4/h5-11,19,26H,1-4H3. The number of rotatable bonds is 8. The number of anilines is 1. The number of para-hydroxylation sites is 1. The number of ether oxygens (including phenoxy) is 4. The third-order valence-corrected chi connectivity index (χ3v) is 4.97. The number of methoxy groups -OCH3 is 4. The van der Waals surface area contributed by atoms with Crippen molar-refractivity contribution in [1.29, 1.82) is 0 Å². The maximum absolute atomic E-state index is 12.5. The smallest absolute Gasteiger partial charge is 0.255 e. The monoisotopic (exact) mass is 411 g/mol.